The molecule has 70 valence electrons. The summed E-state index contributed by atoms with van der Waals surface area (Å²) >= 11 is 0. The largest absolute Gasteiger partial charge is 0.508 e. The van der Waals surface area contributed by atoms with Crippen molar-refractivity contribution >= 4 is 0 Å². The van der Waals surface area contributed by atoms with Crippen LogP contribution in [0.4, 0.5) is 0 Å². The Kier molecular flexibility index (Phi) is 7.61. The molecule has 1 heteroatoms. The Labute approximate surface area is 76.1 Å². The first-order valence-corrected chi connectivity index (χ1v) is 3.61. The van der Waals surface area contributed by atoms with Crippen molar-refractivity contribution in [3.05, 3.63) is 29.8 Å². The minimum Gasteiger partial charge on any atom is -0.508 e. The van der Waals surface area contributed by atoms with Gasteiger partial charge in [-0.15, -0.1) is 0 Å². The number of phenols is 1. The van der Waals surface area contributed by atoms with Crippen LogP contribution in [0.1, 0.15) is 33.8 Å². The zero-order valence-corrected chi connectivity index (χ0v) is 6.17. The van der Waals surface area contributed by atoms with Crippen molar-refractivity contribution in [1.82, 2.24) is 0 Å². The molecule has 0 heterocycles. The Balaban J connectivity index is 0. The first-order chi connectivity index (χ1) is 4.83. The smallest absolute Gasteiger partial charge is 0.115 e. The number of aryl methyl sites for hydroxylation is 1. The van der Waals surface area contributed by atoms with E-state index in [-0.39, 0.29) is 14.9 Å². The van der Waals surface area contributed by atoms with E-state index in [1.54, 1.807) is 12.1 Å². The topological polar surface area (TPSA) is 20.2 Å². The van der Waals surface area contributed by atoms with E-state index >= 15 is 0 Å². The summed E-state index contributed by atoms with van der Waals surface area (Å²) in [5, 5.41) is 8.92. The number of hydrogen-bond donors (Lipinski definition) is 1. The van der Waals surface area contributed by atoms with Crippen LogP contribution in [0.3, 0.4) is 0 Å². The average Bonchev–Trinajstić information content (AvgIpc) is 1.95. The maximum absolute atomic E-state index is 8.92. The highest BCUT2D eigenvalue weighted by molar-refractivity contribution is 5.25. The Bertz CT molecular complexity index is 189. The fourth-order valence-corrected chi connectivity index (χ4v) is 0.951. The highest BCUT2D eigenvalue weighted by atomic mass is 16.3. The number of benzene rings is 1. The summed E-state index contributed by atoms with van der Waals surface area (Å²) in [6.45, 7) is 2.15. The molecular weight excluding hydrogens is 148 g/mol. The van der Waals surface area contributed by atoms with Gasteiger partial charge in [0.2, 0.25) is 0 Å². The molecule has 1 rings (SSSR count). The summed E-state index contributed by atoms with van der Waals surface area (Å²) in [7, 11) is 0. The van der Waals surface area contributed by atoms with Gasteiger partial charge in [-0.05, 0) is 24.1 Å². The van der Waals surface area contributed by atoms with Crippen LogP contribution in [0.15, 0.2) is 24.3 Å². The van der Waals surface area contributed by atoms with Crippen molar-refractivity contribution in [1.29, 1.82) is 0 Å². The second-order valence-corrected chi connectivity index (χ2v) is 2.42. The third kappa shape index (κ3) is 4.02. The molecule has 0 aromatic heterocycles. The van der Waals surface area contributed by atoms with Crippen LogP contribution in [-0.2, 0) is 6.42 Å². The number of hydrogen-bond acceptors (Lipinski definition) is 1. The molecule has 0 unspecified atom stereocenters. The summed E-state index contributed by atoms with van der Waals surface area (Å²) in [5.74, 6) is 0.347. The molecule has 0 radical (unpaired) electrons. The molecule has 0 atom stereocenters. The predicted molar refractivity (Wildman–Crippen MR) is 55.6 cm³/mol. The number of aromatic hydroxyl groups is 1. The van der Waals surface area contributed by atoms with E-state index in [9.17, 15) is 0 Å². The molecule has 0 bridgehead atoms. The lowest BCUT2D eigenvalue weighted by Crippen LogP contribution is -1.79. The number of rotatable bonds is 2. The fourth-order valence-electron chi connectivity index (χ4n) is 0.951. The van der Waals surface area contributed by atoms with Crippen LogP contribution < -0.4 is 0 Å². The highest BCUT2D eigenvalue weighted by Gasteiger charge is 1.89. The predicted octanol–water partition coefficient (Wildman–Crippen LogP) is 3.62. The lowest BCUT2D eigenvalue weighted by molar-refractivity contribution is 0.475. The first kappa shape index (κ1) is 13.6. The molecule has 0 amide bonds. The van der Waals surface area contributed by atoms with E-state index in [4.69, 9.17) is 5.11 Å². The van der Waals surface area contributed by atoms with Crippen molar-refractivity contribution in [3.63, 3.8) is 0 Å². The normalized spacial score (nSPS) is 8.08. The van der Waals surface area contributed by atoms with E-state index in [2.05, 4.69) is 6.92 Å². The van der Waals surface area contributed by atoms with Crippen LogP contribution in [0, 0.1) is 0 Å². The highest BCUT2D eigenvalue weighted by Crippen LogP contribution is 2.10. The molecule has 0 fully saturated rings. The van der Waals surface area contributed by atoms with Crippen molar-refractivity contribution in [2.75, 3.05) is 0 Å². The average molecular weight is 168 g/mol. The molecule has 0 aliphatic heterocycles. The standard InChI is InChI=1S/C9H12O.2CH4/c1-2-3-8-4-6-9(10)7-5-8;;/h4-7,10H,2-3H2,1H3;2*1H4. The Morgan fingerprint density at radius 1 is 1.08 bits per heavy atom. The van der Waals surface area contributed by atoms with Crippen molar-refractivity contribution in [2.45, 2.75) is 34.6 Å². The van der Waals surface area contributed by atoms with Crippen LogP contribution in [0.2, 0.25) is 0 Å². The Morgan fingerprint density at radius 3 is 2.00 bits per heavy atom. The minimum atomic E-state index is 0. The number of phenolic OH excluding ortho intramolecular Hbond substituents is 1. The maximum Gasteiger partial charge on any atom is 0.115 e. The second-order valence-electron chi connectivity index (χ2n) is 2.42. The lowest BCUT2D eigenvalue weighted by atomic mass is 10.1. The summed E-state index contributed by atoms with van der Waals surface area (Å²) in [4.78, 5) is 0. The summed E-state index contributed by atoms with van der Waals surface area (Å²) in [5.41, 5.74) is 1.29. The quantitative estimate of drug-likeness (QED) is 0.715. The van der Waals surface area contributed by atoms with Gasteiger partial charge in [0, 0.05) is 0 Å². The van der Waals surface area contributed by atoms with Crippen LogP contribution in [-0.4, -0.2) is 5.11 Å². The zero-order valence-electron chi connectivity index (χ0n) is 6.17. The van der Waals surface area contributed by atoms with Crippen LogP contribution >= 0.6 is 0 Å². The summed E-state index contributed by atoms with van der Waals surface area (Å²) in [6, 6.07) is 7.37. The van der Waals surface area contributed by atoms with E-state index < -0.39 is 0 Å². The minimum absolute atomic E-state index is 0. The molecule has 0 saturated heterocycles. The van der Waals surface area contributed by atoms with Gasteiger partial charge >= 0.3 is 0 Å². The van der Waals surface area contributed by atoms with Gasteiger partial charge in [-0.3, -0.25) is 0 Å². The van der Waals surface area contributed by atoms with Gasteiger partial charge in [0.15, 0.2) is 0 Å². The molecule has 1 nitrogen and oxygen atoms in total. The van der Waals surface area contributed by atoms with Gasteiger partial charge in [0.05, 0.1) is 0 Å². The van der Waals surface area contributed by atoms with Gasteiger partial charge in [0.1, 0.15) is 5.75 Å². The molecule has 0 aliphatic carbocycles. The van der Waals surface area contributed by atoms with E-state index in [1.807, 2.05) is 12.1 Å². The van der Waals surface area contributed by atoms with Crippen LogP contribution in [0.25, 0.3) is 0 Å². The van der Waals surface area contributed by atoms with Gasteiger partial charge in [-0.2, -0.15) is 0 Å². The Morgan fingerprint density at radius 2 is 1.58 bits per heavy atom. The zero-order chi connectivity index (χ0) is 7.40. The molecule has 12 heavy (non-hydrogen) atoms. The molecular formula is C11H20O. The molecule has 0 saturated carbocycles. The van der Waals surface area contributed by atoms with Gasteiger partial charge in [0.25, 0.3) is 0 Å². The van der Waals surface area contributed by atoms with Gasteiger partial charge < -0.3 is 5.11 Å². The van der Waals surface area contributed by atoms with E-state index in [0.29, 0.717) is 5.75 Å². The fraction of sp³-hybridized carbons (Fsp3) is 0.455. The summed E-state index contributed by atoms with van der Waals surface area (Å²) in [6.07, 6.45) is 2.26. The van der Waals surface area contributed by atoms with Crippen molar-refractivity contribution in [2.24, 2.45) is 0 Å². The molecule has 1 aromatic carbocycles. The molecule has 0 spiro atoms. The summed E-state index contributed by atoms with van der Waals surface area (Å²) < 4.78 is 0. The monoisotopic (exact) mass is 168 g/mol. The van der Waals surface area contributed by atoms with Gasteiger partial charge in [-0.1, -0.05) is 40.3 Å². The molecule has 1 aromatic rings. The van der Waals surface area contributed by atoms with E-state index in [0.717, 1.165) is 12.8 Å². The second kappa shape index (κ2) is 6.71. The first-order valence-electron chi connectivity index (χ1n) is 3.61. The van der Waals surface area contributed by atoms with E-state index in [1.165, 1.54) is 5.56 Å². The lowest BCUT2D eigenvalue weighted by Gasteiger charge is -1.96. The van der Waals surface area contributed by atoms with Gasteiger partial charge in [-0.25, -0.2) is 0 Å². The molecule has 1 N–H and O–H groups in total. The maximum atomic E-state index is 8.92. The molecule has 0 aliphatic rings. The Hall–Kier alpha value is -0.980. The third-order valence-electron chi connectivity index (χ3n) is 1.48. The SMILES string of the molecule is C.C.CCCc1ccc(O)cc1. The third-order valence-corrected chi connectivity index (χ3v) is 1.48. The van der Waals surface area contributed by atoms with Crippen molar-refractivity contribution in [3.8, 4) is 5.75 Å². The van der Waals surface area contributed by atoms with Crippen molar-refractivity contribution < 1.29 is 5.11 Å². The van der Waals surface area contributed by atoms with Crippen LogP contribution in [0.5, 0.6) is 5.75 Å².